The SMILES string of the molecule is O=C(Nc1ccc(Sc2ccccc2)nc1Sc1ccccc1)c1ccc(Cl)cc1. The number of aromatic nitrogens is 1. The Balaban J connectivity index is 1.62. The Labute approximate surface area is 188 Å². The molecule has 4 aromatic rings. The zero-order valence-corrected chi connectivity index (χ0v) is 18.2. The van der Waals surface area contributed by atoms with Crippen molar-refractivity contribution < 1.29 is 4.79 Å². The summed E-state index contributed by atoms with van der Waals surface area (Å²) in [7, 11) is 0. The molecule has 3 aromatic carbocycles. The molecule has 0 spiro atoms. The summed E-state index contributed by atoms with van der Waals surface area (Å²) in [5.41, 5.74) is 1.21. The predicted molar refractivity (Wildman–Crippen MR) is 125 cm³/mol. The van der Waals surface area contributed by atoms with Crippen molar-refractivity contribution in [3.05, 3.63) is 108 Å². The zero-order chi connectivity index (χ0) is 20.8. The molecule has 1 amide bonds. The summed E-state index contributed by atoms with van der Waals surface area (Å²) in [6, 6.07) is 30.7. The minimum atomic E-state index is -0.202. The van der Waals surface area contributed by atoms with Crippen LogP contribution in [0.5, 0.6) is 0 Å². The molecule has 0 atom stereocenters. The first-order chi connectivity index (χ1) is 14.7. The summed E-state index contributed by atoms with van der Waals surface area (Å²) in [4.78, 5) is 19.7. The van der Waals surface area contributed by atoms with Crippen molar-refractivity contribution in [1.29, 1.82) is 0 Å². The van der Waals surface area contributed by atoms with E-state index in [9.17, 15) is 4.79 Å². The number of halogens is 1. The second kappa shape index (κ2) is 9.85. The normalized spacial score (nSPS) is 10.6. The molecular formula is C24H17ClN2OS2. The van der Waals surface area contributed by atoms with Gasteiger partial charge in [-0.1, -0.05) is 71.5 Å². The molecule has 30 heavy (non-hydrogen) atoms. The van der Waals surface area contributed by atoms with E-state index in [-0.39, 0.29) is 5.91 Å². The number of nitrogens with zero attached hydrogens (tertiary/aromatic N) is 1. The minimum absolute atomic E-state index is 0.202. The molecule has 0 aliphatic carbocycles. The van der Waals surface area contributed by atoms with Gasteiger partial charge >= 0.3 is 0 Å². The Bertz CT molecular complexity index is 1140. The summed E-state index contributed by atoms with van der Waals surface area (Å²) in [6.45, 7) is 0. The largest absolute Gasteiger partial charge is 0.320 e. The third kappa shape index (κ3) is 5.45. The van der Waals surface area contributed by atoms with Gasteiger partial charge in [0.05, 0.1) is 5.69 Å². The Hall–Kier alpha value is -2.73. The van der Waals surface area contributed by atoms with Crippen LogP contribution in [0.3, 0.4) is 0 Å². The minimum Gasteiger partial charge on any atom is -0.320 e. The molecule has 148 valence electrons. The molecule has 1 N–H and O–H groups in total. The first-order valence-corrected chi connectivity index (χ1v) is 11.2. The van der Waals surface area contributed by atoms with Crippen LogP contribution < -0.4 is 5.32 Å². The fraction of sp³-hybridized carbons (Fsp3) is 0. The Kier molecular flexibility index (Phi) is 6.74. The fourth-order valence-electron chi connectivity index (χ4n) is 2.66. The van der Waals surface area contributed by atoms with E-state index in [4.69, 9.17) is 16.6 Å². The van der Waals surface area contributed by atoms with Gasteiger partial charge < -0.3 is 5.32 Å². The van der Waals surface area contributed by atoms with Crippen LogP contribution in [0.25, 0.3) is 0 Å². The summed E-state index contributed by atoms with van der Waals surface area (Å²) >= 11 is 9.03. The van der Waals surface area contributed by atoms with Crippen molar-refractivity contribution >= 4 is 46.7 Å². The highest BCUT2D eigenvalue weighted by molar-refractivity contribution is 8.00. The lowest BCUT2D eigenvalue weighted by molar-refractivity contribution is 0.102. The number of carbonyl (C=O) groups excluding carboxylic acids is 1. The highest BCUT2D eigenvalue weighted by atomic mass is 35.5. The Morgan fingerprint density at radius 3 is 1.97 bits per heavy atom. The number of hydrogen-bond donors (Lipinski definition) is 1. The molecule has 3 nitrogen and oxygen atoms in total. The number of carbonyl (C=O) groups is 1. The van der Waals surface area contributed by atoms with Gasteiger partial charge in [-0.15, -0.1) is 0 Å². The highest BCUT2D eigenvalue weighted by Gasteiger charge is 2.13. The lowest BCUT2D eigenvalue weighted by atomic mass is 10.2. The average Bonchev–Trinajstić information content (AvgIpc) is 2.77. The van der Waals surface area contributed by atoms with Crippen LogP contribution in [-0.4, -0.2) is 10.9 Å². The molecule has 0 bridgehead atoms. The van der Waals surface area contributed by atoms with E-state index in [0.717, 1.165) is 19.8 Å². The monoisotopic (exact) mass is 448 g/mol. The van der Waals surface area contributed by atoms with Gasteiger partial charge in [-0.3, -0.25) is 4.79 Å². The standard InChI is InChI=1S/C24H17ClN2OS2/c25-18-13-11-17(12-14-18)23(28)26-21-15-16-22(29-19-7-3-1-4-8-19)27-24(21)30-20-9-5-2-6-10-20/h1-16H,(H,26,28). The van der Waals surface area contributed by atoms with Crippen LogP contribution in [-0.2, 0) is 0 Å². The third-order valence-corrected chi connectivity index (χ3v) is 6.32. The molecule has 0 radical (unpaired) electrons. The summed E-state index contributed by atoms with van der Waals surface area (Å²) < 4.78 is 0. The van der Waals surface area contributed by atoms with Crippen molar-refractivity contribution in [2.24, 2.45) is 0 Å². The van der Waals surface area contributed by atoms with Crippen LogP contribution in [0.2, 0.25) is 5.02 Å². The summed E-state index contributed by atoms with van der Waals surface area (Å²) in [6.07, 6.45) is 0. The van der Waals surface area contributed by atoms with E-state index in [1.54, 1.807) is 36.0 Å². The molecular weight excluding hydrogens is 432 g/mol. The van der Waals surface area contributed by atoms with Crippen molar-refractivity contribution in [3.8, 4) is 0 Å². The molecule has 4 rings (SSSR count). The third-order valence-electron chi connectivity index (χ3n) is 4.11. The topological polar surface area (TPSA) is 42.0 Å². The van der Waals surface area contributed by atoms with Crippen molar-refractivity contribution in [2.75, 3.05) is 5.32 Å². The molecule has 1 heterocycles. The quantitative estimate of drug-likeness (QED) is 0.336. The smallest absolute Gasteiger partial charge is 0.255 e. The lowest BCUT2D eigenvalue weighted by Crippen LogP contribution is -2.13. The van der Waals surface area contributed by atoms with E-state index in [2.05, 4.69) is 5.32 Å². The van der Waals surface area contributed by atoms with Crippen LogP contribution in [0.15, 0.2) is 117 Å². The van der Waals surface area contributed by atoms with Gasteiger partial charge in [0.1, 0.15) is 10.1 Å². The number of rotatable bonds is 6. The van der Waals surface area contributed by atoms with Gasteiger partial charge in [0.25, 0.3) is 5.91 Å². The molecule has 0 saturated carbocycles. The second-order valence-corrected chi connectivity index (χ2v) is 8.89. The molecule has 0 unspecified atom stereocenters. The highest BCUT2D eigenvalue weighted by Crippen LogP contribution is 2.35. The molecule has 0 aliphatic rings. The number of benzene rings is 3. The van der Waals surface area contributed by atoms with Crippen molar-refractivity contribution in [2.45, 2.75) is 19.8 Å². The van der Waals surface area contributed by atoms with E-state index < -0.39 is 0 Å². The maximum Gasteiger partial charge on any atom is 0.255 e. The number of anilines is 1. The first kappa shape index (κ1) is 20.5. The molecule has 0 saturated heterocycles. The number of amides is 1. The summed E-state index contributed by atoms with van der Waals surface area (Å²) in [5.74, 6) is -0.202. The molecule has 0 fully saturated rings. The molecule has 0 aliphatic heterocycles. The molecule has 1 aromatic heterocycles. The maximum atomic E-state index is 12.7. The fourth-order valence-corrected chi connectivity index (χ4v) is 4.54. The van der Waals surface area contributed by atoms with Gasteiger partial charge in [-0.2, -0.15) is 0 Å². The van der Waals surface area contributed by atoms with E-state index in [0.29, 0.717) is 16.3 Å². The van der Waals surface area contributed by atoms with E-state index >= 15 is 0 Å². The predicted octanol–water partition coefficient (Wildman–Crippen LogP) is 7.29. The lowest BCUT2D eigenvalue weighted by Gasteiger charge is -2.12. The number of pyridine rings is 1. The number of hydrogen-bond acceptors (Lipinski definition) is 4. The maximum absolute atomic E-state index is 12.7. The van der Waals surface area contributed by atoms with E-state index in [1.165, 1.54) is 11.8 Å². The van der Waals surface area contributed by atoms with Crippen LogP contribution >= 0.6 is 35.1 Å². The van der Waals surface area contributed by atoms with E-state index in [1.807, 2.05) is 72.8 Å². The number of nitrogens with one attached hydrogen (secondary N) is 1. The van der Waals surface area contributed by atoms with Crippen molar-refractivity contribution in [3.63, 3.8) is 0 Å². The first-order valence-electron chi connectivity index (χ1n) is 9.21. The average molecular weight is 449 g/mol. The van der Waals surface area contributed by atoms with Crippen LogP contribution in [0.1, 0.15) is 10.4 Å². The van der Waals surface area contributed by atoms with Crippen LogP contribution in [0.4, 0.5) is 5.69 Å². The van der Waals surface area contributed by atoms with Crippen molar-refractivity contribution in [1.82, 2.24) is 4.98 Å². The Morgan fingerprint density at radius 1 is 0.733 bits per heavy atom. The zero-order valence-electron chi connectivity index (χ0n) is 15.8. The van der Waals surface area contributed by atoms with Gasteiger partial charge in [0.15, 0.2) is 0 Å². The second-order valence-electron chi connectivity index (χ2n) is 6.29. The Morgan fingerprint density at radius 2 is 1.33 bits per heavy atom. The van der Waals surface area contributed by atoms with Gasteiger partial charge in [-0.25, -0.2) is 4.98 Å². The summed E-state index contributed by atoms with van der Waals surface area (Å²) in [5, 5.41) is 5.18. The van der Waals surface area contributed by atoms with Crippen LogP contribution in [0, 0.1) is 0 Å². The molecule has 6 heteroatoms. The van der Waals surface area contributed by atoms with Gasteiger partial charge in [-0.05, 0) is 60.7 Å². The van der Waals surface area contributed by atoms with Gasteiger partial charge in [0, 0.05) is 20.4 Å². The van der Waals surface area contributed by atoms with Gasteiger partial charge in [0.2, 0.25) is 0 Å².